The summed E-state index contributed by atoms with van der Waals surface area (Å²) in [4.78, 5) is 62.0. The Morgan fingerprint density at radius 1 is 0.938 bits per heavy atom. The average Bonchev–Trinajstić information content (AvgIpc) is 3.09. The van der Waals surface area contributed by atoms with Gasteiger partial charge in [-0.25, -0.2) is 19.6 Å². The number of piperazine rings is 1. The maximum Gasteiger partial charge on any atom is 0.513 e. The monoisotopic (exact) mass is 650 g/mol. The molecule has 2 aliphatic rings. The Morgan fingerprint density at radius 2 is 1.69 bits per heavy atom. The lowest BCUT2D eigenvalue weighted by molar-refractivity contribution is -0.196. The molecule has 3 heterocycles. The zero-order valence-corrected chi connectivity index (χ0v) is 27.1. The molecule has 0 bridgehead atoms. The third-order valence-corrected chi connectivity index (χ3v) is 8.75. The number of hydrazine groups is 1. The van der Waals surface area contributed by atoms with Gasteiger partial charge in [0.05, 0.1) is 24.7 Å². The Bertz CT molecular complexity index is 1800. The fourth-order valence-electron chi connectivity index (χ4n) is 6.46. The molecule has 248 valence electrons. The SMILES string of the molecule is CCOC(=O)Oc1ccc(C[C@H]2C(=O)N(Cc3cccc4cccnc34)[C@@H](C)C3N2C(=O)CN(C)N3C(=O)NCc2ccccc2)cc1. The van der Waals surface area contributed by atoms with Gasteiger partial charge in [-0.15, -0.1) is 0 Å². The number of aromatic nitrogens is 1. The average molecular weight is 651 g/mol. The van der Waals surface area contributed by atoms with Gasteiger partial charge in [0.15, 0.2) is 0 Å². The van der Waals surface area contributed by atoms with Gasteiger partial charge in [0, 0.05) is 38.1 Å². The smallest absolute Gasteiger partial charge is 0.434 e. The fraction of sp³-hybridized carbons (Fsp3) is 0.306. The highest BCUT2D eigenvalue weighted by atomic mass is 16.7. The highest BCUT2D eigenvalue weighted by Crippen LogP contribution is 2.33. The number of hydrogen-bond donors (Lipinski definition) is 1. The van der Waals surface area contributed by atoms with Crippen LogP contribution in [0.15, 0.2) is 91.1 Å². The molecule has 4 amide bonds. The minimum Gasteiger partial charge on any atom is -0.434 e. The maximum absolute atomic E-state index is 14.5. The minimum absolute atomic E-state index is 0.0781. The van der Waals surface area contributed by atoms with Crippen molar-refractivity contribution in [2.75, 3.05) is 20.2 Å². The normalized spacial score (nSPS) is 19.6. The first-order valence-electron chi connectivity index (χ1n) is 15.9. The topological polar surface area (TPSA) is 125 Å². The largest absolute Gasteiger partial charge is 0.513 e. The number of rotatable bonds is 8. The van der Waals surface area contributed by atoms with Crippen molar-refractivity contribution >= 4 is 34.9 Å². The molecular formula is C36H38N6O6. The van der Waals surface area contributed by atoms with Crippen LogP contribution in [0, 0.1) is 0 Å². The third kappa shape index (κ3) is 6.65. The molecule has 0 aliphatic carbocycles. The lowest BCUT2D eigenvalue weighted by Gasteiger charge is -2.57. The fourth-order valence-corrected chi connectivity index (χ4v) is 6.46. The molecule has 3 atom stereocenters. The molecule has 1 aromatic heterocycles. The van der Waals surface area contributed by atoms with Crippen LogP contribution in [0.2, 0.25) is 0 Å². The molecule has 4 aromatic rings. The lowest BCUT2D eigenvalue weighted by atomic mass is 9.94. The van der Waals surface area contributed by atoms with Gasteiger partial charge < -0.3 is 24.6 Å². The van der Waals surface area contributed by atoms with Gasteiger partial charge in [0.1, 0.15) is 18.0 Å². The number of urea groups is 1. The second-order valence-corrected chi connectivity index (χ2v) is 11.9. The van der Waals surface area contributed by atoms with Gasteiger partial charge in [-0.3, -0.25) is 14.6 Å². The molecule has 3 aromatic carbocycles. The van der Waals surface area contributed by atoms with Gasteiger partial charge in [-0.2, -0.15) is 0 Å². The van der Waals surface area contributed by atoms with Crippen LogP contribution in [0.3, 0.4) is 0 Å². The van der Waals surface area contributed by atoms with Crippen molar-refractivity contribution in [2.45, 2.75) is 51.6 Å². The Hall–Kier alpha value is -5.49. The van der Waals surface area contributed by atoms with Crippen molar-refractivity contribution in [3.63, 3.8) is 0 Å². The summed E-state index contributed by atoms with van der Waals surface area (Å²) in [5.41, 5.74) is 3.32. The number of benzene rings is 3. The van der Waals surface area contributed by atoms with E-state index in [0.29, 0.717) is 12.3 Å². The first-order valence-corrected chi connectivity index (χ1v) is 15.9. The molecule has 2 fully saturated rings. The predicted molar refractivity (Wildman–Crippen MR) is 177 cm³/mol. The molecular weight excluding hydrogens is 612 g/mol. The summed E-state index contributed by atoms with van der Waals surface area (Å²) in [6.45, 7) is 4.20. The van der Waals surface area contributed by atoms with Crippen molar-refractivity contribution in [3.05, 3.63) is 108 Å². The van der Waals surface area contributed by atoms with Gasteiger partial charge in [-0.1, -0.05) is 66.7 Å². The second kappa shape index (κ2) is 14.1. The van der Waals surface area contributed by atoms with Crippen LogP contribution in [-0.4, -0.2) is 87.3 Å². The summed E-state index contributed by atoms with van der Waals surface area (Å²) in [6, 6.07) is 24.2. The summed E-state index contributed by atoms with van der Waals surface area (Å²) < 4.78 is 10.1. The summed E-state index contributed by atoms with van der Waals surface area (Å²) in [5, 5.41) is 7.13. The van der Waals surface area contributed by atoms with Crippen LogP contribution in [0.4, 0.5) is 9.59 Å². The molecule has 1 N–H and O–H groups in total. The molecule has 6 rings (SSSR count). The molecule has 0 spiro atoms. The molecule has 0 radical (unpaired) electrons. The number of hydrogen-bond acceptors (Lipinski definition) is 8. The number of pyridine rings is 1. The Morgan fingerprint density at radius 3 is 2.44 bits per heavy atom. The van der Waals surface area contributed by atoms with Crippen molar-refractivity contribution < 1.29 is 28.7 Å². The van der Waals surface area contributed by atoms with Crippen molar-refractivity contribution in [2.24, 2.45) is 0 Å². The maximum atomic E-state index is 14.5. The van der Waals surface area contributed by atoms with E-state index in [-0.39, 0.29) is 44.0 Å². The van der Waals surface area contributed by atoms with Crippen molar-refractivity contribution in [1.29, 1.82) is 0 Å². The summed E-state index contributed by atoms with van der Waals surface area (Å²) in [7, 11) is 1.71. The van der Waals surface area contributed by atoms with E-state index in [0.717, 1.165) is 27.6 Å². The van der Waals surface area contributed by atoms with Crippen LogP contribution >= 0.6 is 0 Å². The van der Waals surface area contributed by atoms with Crippen LogP contribution < -0.4 is 10.1 Å². The number of ether oxygens (including phenoxy) is 2. The number of nitrogens with one attached hydrogen (secondary N) is 1. The molecule has 2 aliphatic heterocycles. The summed E-state index contributed by atoms with van der Waals surface area (Å²) in [6.07, 6.45) is 0.308. The quantitative estimate of drug-likeness (QED) is 0.221. The van der Waals surface area contributed by atoms with E-state index in [1.54, 1.807) is 64.3 Å². The van der Waals surface area contributed by atoms with Crippen LogP contribution in [0.5, 0.6) is 5.75 Å². The van der Waals surface area contributed by atoms with Gasteiger partial charge in [0.2, 0.25) is 11.8 Å². The van der Waals surface area contributed by atoms with Crippen LogP contribution in [0.1, 0.15) is 30.5 Å². The molecule has 12 heteroatoms. The van der Waals surface area contributed by atoms with E-state index in [4.69, 9.17) is 9.47 Å². The highest BCUT2D eigenvalue weighted by molar-refractivity contribution is 5.92. The highest BCUT2D eigenvalue weighted by Gasteiger charge is 2.54. The van der Waals surface area contributed by atoms with E-state index >= 15 is 0 Å². The van der Waals surface area contributed by atoms with Crippen LogP contribution in [0.25, 0.3) is 10.9 Å². The second-order valence-electron chi connectivity index (χ2n) is 11.9. The molecule has 48 heavy (non-hydrogen) atoms. The van der Waals surface area contributed by atoms with Crippen molar-refractivity contribution in [1.82, 2.24) is 30.1 Å². The Balaban J connectivity index is 1.34. The van der Waals surface area contributed by atoms with E-state index < -0.39 is 24.4 Å². The summed E-state index contributed by atoms with van der Waals surface area (Å²) in [5.74, 6) is -0.199. The number of nitrogens with zero attached hydrogens (tertiary/aromatic N) is 5. The standard InChI is InChI=1S/C36H38N6O6/c1-4-47-36(46)48-29-17-15-25(16-18-29)20-30-34(44)40(22-28-13-8-12-27-14-9-19-37-32(27)28)24(2)33-41(30)31(43)23-39(3)42(33)35(45)38-21-26-10-6-5-7-11-26/h5-19,24,30,33H,4,20-23H2,1-3H3,(H,38,45)/t24-,30-,33?/m0/s1. The predicted octanol–water partition coefficient (Wildman–Crippen LogP) is 4.34. The molecule has 0 saturated carbocycles. The zero-order valence-electron chi connectivity index (χ0n) is 27.1. The number of carbonyl (C=O) groups excluding carboxylic acids is 4. The van der Waals surface area contributed by atoms with E-state index in [9.17, 15) is 19.2 Å². The number of fused-ring (bicyclic) bond motifs is 2. The lowest BCUT2D eigenvalue weighted by Crippen LogP contribution is -2.78. The number of carbonyl (C=O) groups is 4. The number of para-hydroxylation sites is 1. The molecule has 12 nitrogen and oxygen atoms in total. The van der Waals surface area contributed by atoms with Gasteiger partial charge in [0.25, 0.3) is 0 Å². The van der Waals surface area contributed by atoms with E-state index in [1.165, 1.54) is 0 Å². The zero-order chi connectivity index (χ0) is 33.8. The van der Waals surface area contributed by atoms with Gasteiger partial charge in [-0.05, 0) is 48.7 Å². The Labute approximate surface area is 278 Å². The number of amides is 4. The van der Waals surface area contributed by atoms with E-state index in [2.05, 4.69) is 10.3 Å². The third-order valence-electron chi connectivity index (χ3n) is 8.75. The van der Waals surface area contributed by atoms with Crippen LogP contribution in [-0.2, 0) is 33.8 Å². The Kier molecular flexibility index (Phi) is 9.53. The van der Waals surface area contributed by atoms with Crippen molar-refractivity contribution in [3.8, 4) is 5.75 Å². The first-order chi connectivity index (χ1) is 23.2. The van der Waals surface area contributed by atoms with E-state index in [1.807, 2.05) is 67.6 Å². The number of likely N-dealkylation sites (N-methyl/N-ethyl adjacent to an activating group) is 1. The van der Waals surface area contributed by atoms with Gasteiger partial charge >= 0.3 is 12.2 Å². The molecule has 1 unspecified atom stereocenters. The summed E-state index contributed by atoms with van der Waals surface area (Å²) >= 11 is 0. The molecule has 2 saturated heterocycles. The first kappa shape index (κ1) is 32.5. The minimum atomic E-state index is -0.906.